The van der Waals surface area contributed by atoms with Crippen molar-refractivity contribution in [3.8, 4) is 5.75 Å². The minimum Gasteiger partial charge on any atom is -0.468 e. The first-order valence-electron chi connectivity index (χ1n) is 8.37. The highest BCUT2D eigenvalue weighted by molar-refractivity contribution is 7.90. The standard InChI is InChI=1S/C18H20F2N2O7S/c1-26-15(23)13(10-5-7-11(8-6-10)29-17(19)20)14-12(16(27-2)28-3)9-21-18(22-14)30(4,24)25/h5-9,13,16-17H,1-4H3. The topological polar surface area (TPSA) is 114 Å². The molecule has 0 fully saturated rings. The van der Waals surface area contributed by atoms with Gasteiger partial charge in [-0.25, -0.2) is 18.4 Å². The average Bonchev–Trinajstić information content (AvgIpc) is 2.69. The summed E-state index contributed by atoms with van der Waals surface area (Å²) in [5.41, 5.74) is 0.443. The predicted octanol–water partition coefficient (Wildman–Crippen LogP) is 2.08. The van der Waals surface area contributed by atoms with E-state index in [1.54, 1.807) is 0 Å². The molecule has 0 aliphatic carbocycles. The van der Waals surface area contributed by atoms with Crippen molar-refractivity contribution in [2.45, 2.75) is 24.0 Å². The Kier molecular flexibility index (Phi) is 7.76. The summed E-state index contributed by atoms with van der Waals surface area (Å²) >= 11 is 0. The Bertz CT molecular complexity index is 981. The lowest BCUT2D eigenvalue weighted by atomic mass is 9.92. The normalized spacial score (nSPS) is 12.8. The second kappa shape index (κ2) is 9.87. The summed E-state index contributed by atoms with van der Waals surface area (Å²) in [7, 11) is 0.0147. The molecule has 9 nitrogen and oxygen atoms in total. The van der Waals surface area contributed by atoms with Crippen molar-refractivity contribution in [1.82, 2.24) is 9.97 Å². The van der Waals surface area contributed by atoms with Crippen LogP contribution in [0.1, 0.15) is 29.0 Å². The number of alkyl halides is 2. The number of carbonyl (C=O) groups is 1. The van der Waals surface area contributed by atoms with Gasteiger partial charge in [0.05, 0.1) is 12.8 Å². The first-order chi connectivity index (χ1) is 14.1. The highest BCUT2D eigenvalue weighted by Crippen LogP contribution is 2.33. The SMILES string of the molecule is COC(=O)C(c1ccc(OC(F)F)cc1)c1nc(S(C)(=O)=O)ncc1C(OC)OC. The maximum Gasteiger partial charge on any atom is 0.387 e. The van der Waals surface area contributed by atoms with Gasteiger partial charge in [-0.05, 0) is 17.7 Å². The van der Waals surface area contributed by atoms with Crippen molar-refractivity contribution in [2.24, 2.45) is 0 Å². The molecule has 0 radical (unpaired) electrons. The molecule has 12 heteroatoms. The van der Waals surface area contributed by atoms with E-state index in [-0.39, 0.29) is 22.6 Å². The molecule has 0 amide bonds. The highest BCUT2D eigenvalue weighted by atomic mass is 32.2. The molecule has 164 valence electrons. The molecule has 2 aromatic rings. The Balaban J connectivity index is 2.69. The van der Waals surface area contributed by atoms with Crippen LogP contribution in [0.15, 0.2) is 35.6 Å². The minimum absolute atomic E-state index is 0.0338. The molecule has 0 aliphatic heterocycles. The third-order valence-corrected chi connectivity index (χ3v) is 4.85. The average molecular weight is 446 g/mol. The predicted molar refractivity (Wildman–Crippen MR) is 98.8 cm³/mol. The molecule has 0 saturated heterocycles. The molecule has 0 bridgehead atoms. The van der Waals surface area contributed by atoms with E-state index < -0.39 is 39.8 Å². The lowest BCUT2D eigenvalue weighted by Gasteiger charge is -2.22. The van der Waals surface area contributed by atoms with Crippen LogP contribution in [-0.4, -0.2) is 58.6 Å². The van der Waals surface area contributed by atoms with Crippen LogP contribution in [-0.2, 0) is 28.8 Å². The van der Waals surface area contributed by atoms with Crippen molar-refractivity contribution < 1.29 is 40.9 Å². The Morgan fingerprint density at radius 2 is 1.67 bits per heavy atom. The van der Waals surface area contributed by atoms with Crippen LogP contribution < -0.4 is 4.74 Å². The minimum atomic E-state index is -3.81. The number of aromatic nitrogens is 2. The lowest BCUT2D eigenvalue weighted by Crippen LogP contribution is -2.22. The Morgan fingerprint density at radius 3 is 2.13 bits per heavy atom. The van der Waals surface area contributed by atoms with Gasteiger partial charge < -0.3 is 18.9 Å². The van der Waals surface area contributed by atoms with Crippen molar-refractivity contribution in [2.75, 3.05) is 27.6 Å². The molecule has 30 heavy (non-hydrogen) atoms. The van der Waals surface area contributed by atoms with Gasteiger partial charge in [0.15, 0.2) is 6.29 Å². The van der Waals surface area contributed by atoms with Gasteiger partial charge >= 0.3 is 12.6 Å². The fourth-order valence-electron chi connectivity index (χ4n) is 2.69. The molecular formula is C18H20F2N2O7S. The molecule has 1 aromatic carbocycles. The number of ether oxygens (including phenoxy) is 4. The fraction of sp³-hybridized carbons (Fsp3) is 0.389. The second-order valence-corrected chi connectivity index (χ2v) is 7.88. The van der Waals surface area contributed by atoms with Crippen LogP contribution in [0, 0.1) is 0 Å². The number of halogens is 2. The van der Waals surface area contributed by atoms with Crippen LogP contribution in [0.3, 0.4) is 0 Å². The summed E-state index contributed by atoms with van der Waals surface area (Å²) in [6, 6.07) is 5.19. The van der Waals surface area contributed by atoms with Gasteiger partial charge in [0.25, 0.3) is 0 Å². The lowest BCUT2D eigenvalue weighted by molar-refractivity contribution is -0.141. The van der Waals surface area contributed by atoms with E-state index in [0.717, 1.165) is 13.4 Å². The van der Waals surface area contributed by atoms with Crippen LogP contribution in [0.5, 0.6) is 5.75 Å². The molecule has 1 aromatic heterocycles. The number of sulfone groups is 1. The summed E-state index contributed by atoms with van der Waals surface area (Å²) in [5.74, 6) is -2.12. The smallest absolute Gasteiger partial charge is 0.387 e. The number of hydrogen-bond donors (Lipinski definition) is 0. The van der Waals surface area contributed by atoms with E-state index in [2.05, 4.69) is 14.7 Å². The number of benzene rings is 1. The maximum absolute atomic E-state index is 12.6. The van der Waals surface area contributed by atoms with Crippen molar-refractivity contribution in [1.29, 1.82) is 0 Å². The Hall–Kier alpha value is -2.70. The first kappa shape index (κ1) is 23.6. The number of hydrogen-bond acceptors (Lipinski definition) is 9. The summed E-state index contributed by atoms with van der Waals surface area (Å²) in [6.07, 6.45) is 1.09. The molecule has 0 aliphatic rings. The molecule has 1 atom stereocenters. The number of nitrogens with zero attached hydrogens (tertiary/aromatic N) is 2. The van der Waals surface area contributed by atoms with Gasteiger partial charge in [0.2, 0.25) is 15.0 Å². The number of rotatable bonds is 9. The molecule has 0 saturated carbocycles. The number of esters is 1. The van der Waals surface area contributed by atoms with Gasteiger partial charge in [0, 0.05) is 32.2 Å². The van der Waals surface area contributed by atoms with E-state index in [1.165, 1.54) is 44.7 Å². The Morgan fingerprint density at radius 1 is 1.07 bits per heavy atom. The molecular weight excluding hydrogens is 426 g/mol. The van der Waals surface area contributed by atoms with Gasteiger partial charge in [-0.1, -0.05) is 12.1 Å². The summed E-state index contributed by atoms with van der Waals surface area (Å²) in [6.45, 7) is -3.01. The van der Waals surface area contributed by atoms with Gasteiger partial charge in [-0.2, -0.15) is 8.78 Å². The molecule has 0 spiro atoms. The van der Waals surface area contributed by atoms with E-state index >= 15 is 0 Å². The summed E-state index contributed by atoms with van der Waals surface area (Å²) in [4.78, 5) is 20.5. The second-order valence-electron chi connectivity index (χ2n) is 5.97. The van der Waals surface area contributed by atoms with E-state index in [1.807, 2.05) is 0 Å². The molecule has 1 heterocycles. The Labute approximate surface area is 171 Å². The molecule has 0 N–H and O–H groups in total. The van der Waals surface area contributed by atoms with Gasteiger partial charge in [0.1, 0.15) is 11.7 Å². The number of methoxy groups -OCH3 is 3. The van der Waals surface area contributed by atoms with Crippen LogP contribution in [0.4, 0.5) is 8.78 Å². The largest absolute Gasteiger partial charge is 0.468 e. The first-order valence-corrected chi connectivity index (χ1v) is 10.3. The van der Waals surface area contributed by atoms with Crippen LogP contribution >= 0.6 is 0 Å². The van der Waals surface area contributed by atoms with E-state index in [4.69, 9.17) is 14.2 Å². The van der Waals surface area contributed by atoms with Crippen molar-refractivity contribution in [3.05, 3.63) is 47.3 Å². The third kappa shape index (κ3) is 5.46. The summed E-state index contributed by atoms with van der Waals surface area (Å²) in [5, 5.41) is -0.515. The van der Waals surface area contributed by atoms with Crippen molar-refractivity contribution >= 4 is 15.8 Å². The quantitative estimate of drug-likeness (QED) is 0.324. The highest BCUT2D eigenvalue weighted by Gasteiger charge is 2.32. The zero-order valence-corrected chi connectivity index (χ0v) is 17.4. The van der Waals surface area contributed by atoms with Gasteiger partial charge in [-0.3, -0.25) is 4.79 Å². The zero-order valence-electron chi connectivity index (χ0n) is 16.5. The zero-order chi connectivity index (χ0) is 22.5. The van der Waals surface area contributed by atoms with E-state index in [9.17, 15) is 22.0 Å². The number of carbonyl (C=O) groups excluding carboxylic acids is 1. The van der Waals surface area contributed by atoms with Crippen LogP contribution in [0.2, 0.25) is 0 Å². The third-order valence-electron chi connectivity index (χ3n) is 3.99. The fourth-order valence-corrected chi connectivity index (χ4v) is 3.20. The molecule has 2 rings (SSSR count). The monoisotopic (exact) mass is 446 g/mol. The summed E-state index contributed by atoms with van der Waals surface area (Å²) < 4.78 is 68.3. The van der Waals surface area contributed by atoms with Gasteiger partial charge in [-0.15, -0.1) is 0 Å². The van der Waals surface area contributed by atoms with E-state index in [0.29, 0.717) is 0 Å². The van der Waals surface area contributed by atoms with Crippen LogP contribution in [0.25, 0.3) is 0 Å². The molecule has 1 unspecified atom stereocenters. The maximum atomic E-state index is 12.6. The van der Waals surface area contributed by atoms with Crippen molar-refractivity contribution in [3.63, 3.8) is 0 Å².